The van der Waals surface area contributed by atoms with Crippen molar-refractivity contribution in [1.29, 1.82) is 0 Å². The number of rotatable bonds is 1. The van der Waals surface area contributed by atoms with Gasteiger partial charge in [-0.05, 0) is 24.3 Å². The fourth-order valence-electron chi connectivity index (χ4n) is 0.495. The van der Waals surface area contributed by atoms with Crippen molar-refractivity contribution in [1.82, 2.24) is 0 Å². The van der Waals surface area contributed by atoms with Crippen LogP contribution in [0.2, 0.25) is 0 Å². The van der Waals surface area contributed by atoms with E-state index in [1.807, 2.05) is 0 Å². The monoisotopic (exact) mass is 160 g/mol. The van der Waals surface area contributed by atoms with E-state index >= 15 is 0 Å². The van der Waals surface area contributed by atoms with Gasteiger partial charge in [-0.25, -0.2) is 4.39 Å². The second kappa shape index (κ2) is 3.13. The Morgan fingerprint density at radius 2 is 1.78 bits per heavy atom. The normalized spacial score (nSPS) is 9.56. The van der Waals surface area contributed by atoms with Crippen molar-refractivity contribution in [3.63, 3.8) is 0 Å². The van der Waals surface area contributed by atoms with Crippen molar-refractivity contribution in [3.8, 4) is 0 Å². The van der Waals surface area contributed by atoms with Crippen LogP contribution in [0.15, 0.2) is 29.2 Å². The molecule has 0 amide bonds. The van der Waals surface area contributed by atoms with Crippen molar-refractivity contribution >= 4 is 22.5 Å². The van der Waals surface area contributed by atoms with Crippen LogP contribution in [-0.2, 0) is 0 Å². The van der Waals surface area contributed by atoms with Crippen LogP contribution in [-0.4, -0.2) is 0 Å². The molecular weight excluding hydrogens is 155 g/mol. The number of benzene rings is 1. The van der Waals surface area contributed by atoms with Crippen LogP contribution in [0.1, 0.15) is 0 Å². The minimum absolute atomic E-state index is 0.207. The summed E-state index contributed by atoms with van der Waals surface area (Å²) in [5.74, 6) is -0.207. The SMILES string of the molecule is Fc1ccc(SS)cc1. The summed E-state index contributed by atoms with van der Waals surface area (Å²) < 4.78 is 12.2. The Labute approximate surface area is 62.3 Å². The molecule has 0 aliphatic heterocycles. The zero-order valence-electron chi connectivity index (χ0n) is 4.54. The first kappa shape index (κ1) is 6.96. The van der Waals surface area contributed by atoms with Crippen molar-refractivity contribution in [2.75, 3.05) is 0 Å². The first-order valence-electron chi connectivity index (χ1n) is 2.40. The van der Waals surface area contributed by atoms with E-state index in [0.29, 0.717) is 0 Å². The summed E-state index contributed by atoms with van der Waals surface area (Å²) in [4.78, 5) is 0.958. The molecule has 0 aliphatic rings. The van der Waals surface area contributed by atoms with Gasteiger partial charge in [0.15, 0.2) is 0 Å². The zero-order chi connectivity index (χ0) is 6.69. The maximum Gasteiger partial charge on any atom is 0.123 e. The van der Waals surface area contributed by atoms with E-state index in [2.05, 4.69) is 11.7 Å². The minimum atomic E-state index is -0.207. The molecule has 48 valence electrons. The molecule has 9 heavy (non-hydrogen) atoms. The fourth-order valence-corrected chi connectivity index (χ4v) is 1.12. The molecule has 0 saturated heterocycles. The first-order chi connectivity index (χ1) is 4.33. The van der Waals surface area contributed by atoms with Gasteiger partial charge in [0, 0.05) is 4.90 Å². The van der Waals surface area contributed by atoms with Crippen LogP contribution in [0, 0.1) is 5.82 Å². The minimum Gasteiger partial charge on any atom is -0.207 e. The summed E-state index contributed by atoms with van der Waals surface area (Å²) in [5.41, 5.74) is 0. The molecule has 1 aromatic carbocycles. The summed E-state index contributed by atoms with van der Waals surface area (Å²) in [6, 6.07) is 6.21. The number of hydrogen-bond acceptors (Lipinski definition) is 2. The largest absolute Gasteiger partial charge is 0.207 e. The quantitative estimate of drug-likeness (QED) is 0.487. The Kier molecular flexibility index (Phi) is 2.42. The third-order valence-electron chi connectivity index (χ3n) is 0.919. The predicted octanol–water partition coefficient (Wildman–Crippen LogP) is 2.76. The van der Waals surface area contributed by atoms with E-state index < -0.39 is 0 Å². The van der Waals surface area contributed by atoms with Gasteiger partial charge in [-0.3, -0.25) is 0 Å². The molecule has 0 atom stereocenters. The molecule has 3 heteroatoms. The Hall–Kier alpha value is -0.150. The summed E-state index contributed by atoms with van der Waals surface area (Å²) in [6.45, 7) is 0. The fraction of sp³-hybridized carbons (Fsp3) is 0. The molecule has 0 heterocycles. The lowest BCUT2D eigenvalue weighted by Crippen LogP contribution is -1.69. The average molecular weight is 160 g/mol. The highest BCUT2D eigenvalue weighted by atomic mass is 33.1. The van der Waals surface area contributed by atoms with Crippen LogP contribution in [0.4, 0.5) is 4.39 Å². The summed E-state index contributed by atoms with van der Waals surface area (Å²) in [6.07, 6.45) is 0. The molecule has 0 aromatic heterocycles. The van der Waals surface area contributed by atoms with E-state index in [4.69, 9.17) is 0 Å². The lowest BCUT2D eigenvalue weighted by atomic mass is 10.4. The highest BCUT2D eigenvalue weighted by Crippen LogP contribution is 2.20. The van der Waals surface area contributed by atoms with E-state index in [1.165, 1.54) is 22.9 Å². The molecule has 0 unspecified atom stereocenters. The van der Waals surface area contributed by atoms with Crippen molar-refractivity contribution < 1.29 is 4.39 Å². The average Bonchev–Trinajstić information content (AvgIpc) is 1.90. The smallest absolute Gasteiger partial charge is 0.123 e. The van der Waals surface area contributed by atoms with Crippen molar-refractivity contribution in [2.45, 2.75) is 4.90 Å². The maximum atomic E-state index is 12.2. The number of halogens is 1. The van der Waals surface area contributed by atoms with E-state index in [-0.39, 0.29) is 5.82 Å². The van der Waals surface area contributed by atoms with Gasteiger partial charge >= 0.3 is 0 Å². The second-order valence-corrected chi connectivity index (χ2v) is 2.75. The van der Waals surface area contributed by atoms with E-state index in [0.717, 1.165) is 4.90 Å². The molecule has 0 nitrogen and oxygen atoms in total. The van der Waals surface area contributed by atoms with Crippen LogP contribution in [0.25, 0.3) is 0 Å². The van der Waals surface area contributed by atoms with Crippen LogP contribution < -0.4 is 0 Å². The van der Waals surface area contributed by atoms with Crippen LogP contribution in [0.3, 0.4) is 0 Å². The molecule has 0 fully saturated rings. The molecular formula is C6H5FS2. The van der Waals surface area contributed by atoms with Crippen molar-refractivity contribution in [2.24, 2.45) is 0 Å². The molecule has 0 N–H and O–H groups in total. The lowest BCUT2D eigenvalue weighted by Gasteiger charge is -1.90. The topological polar surface area (TPSA) is 0 Å². The molecule has 0 saturated carbocycles. The summed E-state index contributed by atoms with van der Waals surface area (Å²) in [7, 11) is 1.31. The van der Waals surface area contributed by atoms with Gasteiger partial charge < -0.3 is 0 Å². The Morgan fingerprint density at radius 3 is 2.22 bits per heavy atom. The molecule has 0 spiro atoms. The van der Waals surface area contributed by atoms with E-state index in [9.17, 15) is 4.39 Å². The van der Waals surface area contributed by atoms with Gasteiger partial charge in [-0.1, -0.05) is 10.8 Å². The first-order valence-corrected chi connectivity index (χ1v) is 4.27. The standard InChI is InChI=1S/C6H5FS2/c7-5-1-3-6(9-8)4-2-5/h1-4,8H. The summed E-state index contributed by atoms with van der Waals surface area (Å²) in [5, 5.41) is 0. The van der Waals surface area contributed by atoms with Crippen molar-refractivity contribution in [3.05, 3.63) is 30.1 Å². The molecule has 1 aromatic rings. The van der Waals surface area contributed by atoms with Crippen LogP contribution in [0.5, 0.6) is 0 Å². The Balaban J connectivity index is 2.88. The highest BCUT2D eigenvalue weighted by molar-refractivity contribution is 8.68. The zero-order valence-corrected chi connectivity index (χ0v) is 6.25. The van der Waals surface area contributed by atoms with Gasteiger partial charge in [0.25, 0.3) is 0 Å². The molecule has 1 rings (SSSR count). The predicted molar refractivity (Wildman–Crippen MR) is 41.2 cm³/mol. The van der Waals surface area contributed by atoms with Gasteiger partial charge in [0.05, 0.1) is 0 Å². The van der Waals surface area contributed by atoms with Gasteiger partial charge in [0.2, 0.25) is 0 Å². The molecule has 0 radical (unpaired) electrons. The summed E-state index contributed by atoms with van der Waals surface area (Å²) >= 11 is 3.94. The number of thiol groups is 1. The number of hydrogen-bond donors (Lipinski definition) is 1. The third-order valence-corrected chi connectivity index (χ3v) is 2.03. The lowest BCUT2D eigenvalue weighted by molar-refractivity contribution is 0.626. The molecule has 0 bridgehead atoms. The Bertz CT molecular complexity index is 183. The van der Waals surface area contributed by atoms with Gasteiger partial charge in [0.1, 0.15) is 5.82 Å². The van der Waals surface area contributed by atoms with Crippen LogP contribution >= 0.6 is 22.5 Å². The van der Waals surface area contributed by atoms with Gasteiger partial charge in [-0.15, -0.1) is 11.7 Å². The highest BCUT2D eigenvalue weighted by Gasteiger charge is 1.88. The Morgan fingerprint density at radius 1 is 1.22 bits per heavy atom. The molecule has 0 aliphatic carbocycles. The van der Waals surface area contributed by atoms with E-state index in [1.54, 1.807) is 12.1 Å². The third kappa shape index (κ3) is 1.91. The van der Waals surface area contributed by atoms with Gasteiger partial charge in [-0.2, -0.15) is 0 Å². The maximum absolute atomic E-state index is 12.2. The second-order valence-electron chi connectivity index (χ2n) is 1.55.